The van der Waals surface area contributed by atoms with Crippen LogP contribution in [0.3, 0.4) is 0 Å². The zero-order valence-electron chi connectivity index (χ0n) is 12.5. The Morgan fingerprint density at radius 3 is 2.96 bits per heavy atom. The first-order valence-corrected chi connectivity index (χ1v) is 9.09. The monoisotopic (exact) mass is 368 g/mol. The molecule has 0 fully saturated rings. The van der Waals surface area contributed by atoms with Crippen molar-refractivity contribution in [3.05, 3.63) is 49.8 Å². The molecule has 1 amide bonds. The number of anilines is 1. The Balaban J connectivity index is 1.73. The van der Waals surface area contributed by atoms with Gasteiger partial charge in [0.2, 0.25) is 0 Å². The van der Waals surface area contributed by atoms with Gasteiger partial charge >= 0.3 is 0 Å². The Kier molecular flexibility index (Phi) is 3.76. The molecule has 2 aliphatic heterocycles. The first-order chi connectivity index (χ1) is 11.0. The van der Waals surface area contributed by atoms with E-state index in [0.717, 1.165) is 35.6 Å². The SMILES string of the molecule is C[NH+]1CCc2c(sc3c2C(=O)N[C@H](c2cccc(Cl)c2Cl)N3)C1. The summed E-state index contributed by atoms with van der Waals surface area (Å²) in [6.45, 7) is 2.04. The van der Waals surface area contributed by atoms with Crippen molar-refractivity contribution in [3.63, 3.8) is 0 Å². The summed E-state index contributed by atoms with van der Waals surface area (Å²) < 4.78 is 0. The van der Waals surface area contributed by atoms with E-state index < -0.39 is 0 Å². The van der Waals surface area contributed by atoms with Gasteiger partial charge < -0.3 is 15.5 Å². The van der Waals surface area contributed by atoms with Crippen molar-refractivity contribution < 1.29 is 9.69 Å². The van der Waals surface area contributed by atoms with Gasteiger partial charge in [-0.1, -0.05) is 35.3 Å². The number of carbonyl (C=O) groups is 1. The smallest absolute Gasteiger partial charge is 0.256 e. The summed E-state index contributed by atoms with van der Waals surface area (Å²) in [5.41, 5.74) is 2.80. The molecule has 4 rings (SSSR count). The summed E-state index contributed by atoms with van der Waals surface area (Å²) >= 11 is 14.1. The van der Waals surface area contributed by atoms with Crippen LogP contribution in [-0.2, 0) is 13.0 Å². The average Bonchev–Trinajstić information content (AvgIpc) is 2.87. The molecule has 23 heavy (non-hydrogen) atoms. The highest BCUT2D eigenvalue weighted by atomic mass is 35.5. The number of nitrogens with one attached hydrogen (secondary N) is 3. The minimum Gasteiger partial charge on any atom is -0.353 e. The highest BCUT2D eigenvalue weighted by Crippen LogP contribution is 2.40. The lowest BCUT2D eigenvalue weighted by atomic mass is 10.0. The maximum atomic E-state index is 12.7. The van der Waals surface area contributed by atoms with Gasteiger partial charge in [0, 0.05) is 12.0 Å². The number of fused-ring (bicyclic) bond motifs is 3. The average molecular weight is 369 g/mol. The molecule has 0 aliphatic carbocycles. The number of hydrogen-bond donors (Lipinski definition) is 3. The highest BCUT2D eigenvalue weighted by molar-refractivity contribution is 7.16. The molecule has 4 nitrogen and oxygen atoms in total. The zero-order valence-corrected chi connectivity index (χ0v) is 14.8. The summed E-state index contributed by atoms with van der Waals surface area (Å²) in [5.74, 6) is -0.0307. The molecule has 1 unspecified atom stereocenters. The molecular formula is C16H16Cl2N3OS+. The number of likely N-dealkylation sites (N-methyl/N-ethyl adjacent to an activating group) is 1. The molecule has 3 N–H and O–H groups in total. The number of thiophene rings is 1. The number of quaternary nitrogens is 1. The minimum absolute atomic E-state index is 0.0307. The van der Waals surface area contributed by atoms with Crippen LogP contribution in [0, 0.1) is 0 Å². The second-order valence-corrected chi connectivity index (χ2v) is 7.93. The predicted molar refractivity (Wildman–Crippen MR) is 93.8 cm³/mol. The van der Waals surface area contributed by atoms with E-state index in [9.17, 15) is 4.79 Å². The van der Waals surface area contributed by atoms with Crippen molar-refractivity contribution in [2.45, 2.75) is 19.1 Å². The second kappa shape index (κ2) is 5.67. The first-order valence-electron chi connectivity index (χ1n) is 7.51. The van der Waals surface area contributed by atoms with Crippen molar-refractivity contribution in [1.82, 2.24) is 5.32 Å². The van der Waals surface area contributed by atoms with Crippen LogP contribution < -0.4 is 15.5 Å². The molecule has 120 valence electrons. The molecular weight excluding hydrogens is 353 g/mol. The van der Waals surface area contributed by atoms with Gasteiger partial charge in [-0.3, -0.25) is 4.79 Å². The number of carbonyl (C=O) groups excluding carboxylic acids is 1. The van der Waals surface area contributed by atoms with E-state index in [-0.39, 0.29) is 12.1 Å². The molecule has 0 radical (unpaired) electrons. The number of halogens is 2. The van der Waals surface area contributed by atoms with Crippen LogP contribution in [-0.4, -0.2) is 19.5 Å². The predicted octanol–water partition coefficient (Wildman–Crippen LogP) is 2.48. The van der Waals surface area contributed by atoms with Crippen LogP contribution in [0.25, 0.3) is 0 Å². The van der Waals surface area contributed by atoms with Gasteiger partial charge in [0.1, 0.15) is 17.7 Å². The molecule has 2 aliphatic rings. The molecule has 2 atom stereocenters. The van der Waals surface area contributed by atoms with E-state index in [1.54, 1.807) is 17.4 Å². The molecule has 0 spiro atoms. The Hall–Kier alpha value is -1.27. The summed E-state index contributed by atoms with van der Waals surface area (Å²) in [6.07, 6.45) is 0.594. The number of benzene rings is 1. The van der Waals surface area contributed by atoms with Crippen LogP contribution in [0.5, 0.6) is 0 Å². The van der Waals surface area contributed by atoms with Gasteiger partial charge in [-0.2, -0.15) is 0 Å². The van der Waals surface area contributed by atoms with E-state index in [4.69, 9.17) is 23.2 Å². The molecule has 0 saturated carbocycles. The lowest BCUT2D eigenvalue weighted by Crippen LogP contribution is -3.08. The quantitative estimate of drug-likeness (QED) is 0.723. The van der Waals surface area contributed by atoms with Gasteiger partial charge in [0.15, 0.2) is 0 Å². The lowest BCUT2D eigenvalue weighted by molar-refractivity contribution is -0.895. The van der Waals surface area contributed by atoms with Gasteiger partial charge in [0.25, 0.3) is 5.91 Å². The second-order valence-electron chi connectivity index (χ2n) is 6.04. The molecule has 1 aromatic carbocycles. The lowest BCUT2D eigenvalue weighted by Gasteiger charge is -2.27. The summed E-state index contributed by atoms with van der Waals surface area (Å²) in [5, 5.41) is 8.33. The topological polar surface area (TPSA) is 45.6 Å². The molecule has 1 aromatic heterocycles. The third kappa shape index (κ3) is 2.52. The first kappa shape index (κ1) is 15.3. The molecule has 0 saturated heterocycles. The summed E-state index contributed by atoms with van der Waals surface area (Å²) in [7, 11) is 2.18. The molecule has 3 heterocycles. The van der Waals surface area contributed by atoms with Crippen LogP contribution in [0.1, 0.15) is 32.5 Å². The third-order valence-corrected chi connectivity index (χ3v) is 6.42. The van der Waals surface area contributed by atoms with Gasteiger partial charge in [-0.05, 0) is 11.6 Å². The Labute approximate surface area is 148 Å². The van der Waals surface area contributed by atoms with Crippen molar-refractivity contribution >= 4 is 45.4 Å². The van der Waals surface area contributed by atoms with Crippen molar-refractivity contribution in [1.29, 1.82) is 0 Å². The van der Waals surface area contributed by atoms with E-state index >= 15 is 0 Å². The van der Waals surface area contributed by atoms with Crippen LogP contribution in [0.4, 0.5) is 5.00 Å². The standard InChI is InChI=1S/C16H15Cl2N3OS/c1-21-6-5-8-11(7-21)23-16-12(8)15(22)19-14(20-16)9-3-2-4-10(17)13(9)18/h2-4,14,20H,5-7H2,1H3,(H,19,22)/p+1/t14-/m0/s1. The van der Waals surface area contributed by atoms with E-state index in [1.807, 2.05) is 12.1 Å². The fourth-order valence-corrected chi connectivity index (χ4v) is 5.04. The minimum atomic E-state index is -0.355. The summed E-state index contributed by atoms with van der Waals surface area (Å²) in [4.78, 5) is 15.4. The maximum absolute atomic E-state index is 12.7. The van der Waals surface area contributed by atoms with Gasteiger partial charge in [-0.15, -0.1) is 11.3 Å². The molecule has 7 heteroatoms. The van der Waals surface area contributed by atoms with E-state index in [0.29, 0.717) is 10.0 Å². The molecule has 2 aromatic rings. The highest BCUT2D eigenvalue weighted by Gasteiger charge is 2.34. The van der Waals surface area contributed by atoms with Crippen molar-refractivity contribution in [2.75, 3.05) is 18.9 Å². The zero-order chi connectivity index (χ0) is 16.1. The fourth-order valence-electron chi connectivity index (χ4n) is 3.23. The van der Waals surface area contributed by atoms with Crippen LogP contribution in [0.15, 0.2) is 18.2 Å². The van der Waals surface area contributed by atoms with Crippen LogP contribution in [0.2, 0.25) is 10.0 Å². The number of rotatable bonds is 1. The Morgan fingerprint density at radius 2 is 2.13 bits per heavy atom. The van der Waals surface area contributed by atoms with E-state index in [2.05, 4.69) is 17.7 Å². The van der Waals surface area contributed by atoms with Gasteiger partial charge in [-0.25, -0.2) is 0 Å². The number of hydrogen-bond acceptors (Lipinski definition) is 3. The summed E-state index contributed by atoms with van der Waals surface area (Å²) in [6, 6.07) is 5.46. The van der Waals surface area contributed by atoms with E-state index in [1.165, 1.54) is 15.3 Å². The third-order valence-electron chi connectivity index (χ3n) is 4.43. The normalized spacial score (nSPS) is 22.8. The number of amides is 1. The molecule has 0 bridgehead atoms. The Morgan fingerprint density at radius 1 is 1.30 bits per heavy atom. The van der Waals surface area contributed by atoms with Crippen molar-refractivity contribution in [3.8, 4) is 0 Å². The maximum Gasteiger partial charge on any atom is 0.256 e. The fraction of sp³-hybridized carbons (Fsp3) is 0.312. The Bertz CT molecular complexity index is 805. The van der Waals surface area contributed by atoms with Crippen LogP contribution >= 0.6 is 34.5 Å². The largest absolute Gasteiger partial charge is 0.353 e. The van der Waals surface area contributed by atoms with Crippen molar-refractivity contribution in [2.24, 2.45) is 0 Å². The van der Waals surface area contributed by atoms with Gasteiger partial charge in [0.05, 0.1) is 34.1 Å².